The highest BCUT2D eigenvalue weighted by Gasteiger charge is 2.20. The Morgan fingerprint density at radius 3 is 2.56 bits per heavy atom. The molecule has 2 aromatic carbocycles. The molecule has 0 bridgehead atoms. The minimum absolute atomic E-state index is 0.103. The average molecular weight is 362 g/mol. The molecule has 0 aliphatic rings. The molecule has 0 saturated carbocycles. The highest BCUT2D eigenvalue weighted by molar-refractivity contribution is 6.31. The standard InChI is InChI=1S/C17H16ClN3O4/c18-14-7-2-1-5-12(14)10-15(17(19)23)20-16(22)9-11-4-3-6-13(8-11)21(24)25/h1-8,15H,9-10H2,(H2,19,23)(H,20,22)/t15-/m0/s1. The van der Waals surface area contributed by atoms with Crippen molar-refractivity contribution in [3.8, 4) is 0 Å². The number of benzene rings is 2. The number of primary amides is 1. The molecular weight excluding hydrogens is 346 g/mol. The van der Waals surface area contributed by atoms with E-state index in [1.165, 1.54) is 18.2 Å². The lowest BCUT2D eigenvalue weighted by Gasteiger charge is -2.16. The predicted molar refractivity (Wildman–Crippen MR) is 93.1 cm³/mol. The Balaban J connectivity index is 2.05. The van der Waals surface area contributed by atoms with Gasteiger partial charge in [-0.15, -0.1) is 0 Å². The minimum atomic E-state index is -0.925. The molecule has 0 radical (unpaired) electrons. The Labute approximate surface area is 148 Å². The van der Waals surface area contributed by atoms with E-state index in [2.05, 4.69) is 5.32 Å². The Hall–Kier alpha value is -2.93. The fourth-order valence-corrected chi connectivity index (χ4v) is 2.53. The smallest absolute Gasteiger partial charge is 0.269 e. The van der Waals surface area contributed by atoms with E-state index in [1.807, 2.05) is 0 Å². The SMILES string of the molecule is NC(=O)[C@H](Cc1ccccc1Cl)NC(=O)Cc1cccc([N+](=O)[O-])c1. The fourth-order valence-electron chi connectivity index (χ4n) is 2.32. The van der Waals surface area contributed by atoms with Gasteiger partial charge in [-0.1, -0.05) is 41.9 Å². The van der Waals surface area contributed by atoms with E-state index >= 15 is 0 Å². The molecule has 0 spiro atoms. The molecule has 0 saturated heterocycles. The maximum absolute atomic E-state index is 12.2. The molecule has 0 aliphatic carbocycles. The first kappa shape index (κ1) is 18.4. The van der Waals surface area contributed by atoms with Crippen LogP contribution in [0, 0.1) is 10.1 Å². The first-order valence-corrected chi connectivity index (χ1v) is 7.80. The van der Waals surface area contributed by atoms with Crippen molar-refractivity contribution in [1.82, 2.24) is 5.32 Å². The summed E-state index contributed by atoms with van der Waals surface area (Å²) in [6.07, 6.45) is 0.0592. The zero-order valence-corrected chi connectivity index (χ0v) is 13.9. The van der Waals surface area contributed by atoms with Gasteiger partial charge in [0.25, 0.3) is 5.69 Å². The molecule has 130 valence electrons. The van der Waals surface area contributed by atoms with Gasteiger partial charge in [0.05, 0.1) is 11.3 Å². The van der Waals surface area contributed by atoms with E-state index in [9.17, 15) is 19.7 Å². The zero-order chi connectivity index (χ0) is 18.4. The molecule has 7 nitrogen and oxygen atoms in total. The van der Waals surface area contributed by atoms with Gasteiger partial charge < -0.3 is 11.1 Å². The second-order valence-corrected chi connectivity index (χ2v) is 5.83. The molecule has 25 heavy (non-hydrogen) atoms. The number of carbonyl (C=O) groups excluding carboxylic acids is 2. The third-order valence-corrected chi connectivity index (χ3v) is 3.92. The number of hydrogen-bond acceptors (Lipinski definition) is 4. The number of nitro benzene ring substituents is 1. The molecule has 2 amide bonds. The van der Waals surface area contributed by atoms with Crippen LogP contribution in [0.15, 0.2) is 48.5 Å². The summed E-state index contributed by atoms with van der Waals surface area (Å²) in [5.41, 5.74) is 6.40. The first-order chi connectivity index (χ1) is 11.9. The van der Waals surface area contributed by atoms with Crippen LogP contribution < -0.4 is 11.1 Å². The molecule has 0 unspecified atom stereocenters. The Bertz CT molecular complexity index is 810. The summed E-state index contributed by atoms with van der Waals surface area (Å²) in [5.74, 6) is -1.15. The highest BCUT2D eigenvalue weighted by Crippen LogP contribution is 2.17. The molecule has 0 aliphatic heterocycles. The maximum Gasteiger partial charge on any atom is 0.269 e. The Morgan fingerprint density at radius 2 is 1.92 bits per heavy atom. The molecular formula is C17H16ClN3O4. The second kappa shape index (κ2) is 8.25. The van der Waals surface area contributed by atoms with E-state index in [0.717, 1.165) is 0 Å². The zero-order valence-electron chi connectivity index (χ0n) is 13.1. The molecule has 0 heterocycles. The van der Waals surface area contributed by atoms with Gasteiger partial charge in [-0.25, -0.2) is 0 Å². The number of nitrogens with two attached hydrogens (primary N) is 1. The fraction of sp³-hybridized carbons (Fsp3) is 0.176. The topological polar surface area (TPSA) is 115 Å². The lowest BCUT2D eigenvalue weighted by atomic mass is 10.0. The maximum atomic E-state index is 12.2. The molecule has 1 atom stereocenters. The Morgan fingerprint density at radius 1 is 1.20 bits per heavy atom. The molecule has 3 N–H and O–H groups in total. The number of non-ortho nitro benzene ring substituents is 1. The molecule has 2 aromatic rings. The van der Waals surface area contributed by atoms with Gasteiger partial charge in [-0.2, -0.15) is 0 Å². The number of nitrogens with one attached hydrogen (secondary N) is 1. The minimum Gasteiger partial charge on any atom is -0.368 e. The van der Waals surface area contributed by atoms with E-state index in [4.69, 9.17) is 17.3 Å². The summed E-state index contributed by atoms with van der Waals surface area (Å²) in [5, 5.41) is 13.8. The van der Waals surface area contributed by atoms with Crippen molar-refractivity contribution in [2.75, 3.05) is 0 Å². The van der Waals surface area contributed by atoms with E-state index < -0.39 is 22.8 Å². The lowest BCUT2D eigenvalue weighted by Crippen LogP contribution is -2.46. The van der Waals surface area contributed by atoms with Gasteiger partial charge in [0.2, 0.25) is 11.8 Å². The van der Waals surface area contributed by atoms with Crippen molar-refractivity contribution in [2.24, 2.45) is 5.73 Å². The van der Waals surface area contributed by atoms with Crippen molar-refractivity contribution in [3.63, 3.8) is 0 Å². The van der Waals surface area contributed by atoms with Gasteiger partial charge in [-0.3, -0.25) is 19.7 Å². The van der Waals surface area contributed by atoms with Crippen LogP contribution in [0.25, 0.3) is 0 Å². The molecule has 2 rings (SSSR count). The van der Waals surface area contributed by atoms with Crippen molar-refractivity contribution in [2.45, 2.75) is 18.9 Å². The number of amides is 2. The number of hydrogen-bond donors (Lipinski definition) is 2. The largest absolute Gasteiger partial charge is 0.368 e. The van der Waals surface area contributed by atoms with Gasteiger partial charge in [-0.05, 0) is 17.2 Å². The van der Waals surface area contributed by atoms with Crippen LogP contribution in [0.4, 0.5) is 5.69 Å². The predicted octanol–water partition coefficient (Wildman–Crippen LogP) is 2.00. The number of nitrogens with zero attached hydrogens (tertiary/aromatic N) is 1. The van der Waals surface area contributed by atoms with Crippen LogP contribution in [-0.2, 0) is 22.4 Å². The quantitative estimate of drug-likeness (QED) is 0.579. The van der Waals surface area contributed by atoms with Crippen LogP contribution in [-0.4, -0.2) is 22.8 Å². The number of rotatable bonds is 7. The highest BCUT2D eigenvalue weighted by atomic mass is 35.5. The van der Waals surface area contributed by atoms with Crippen LogP contribution in [0.5, 0.6) is 0 Å². The van der Waals surface area contributed by atoms with E-state index in [-0.39, 0.29) is 18.5 Å². The van der Waals surface area contributed by atoms with Gasteiger partial charge >= 0.3 is 0 Å². The monoisotopic (exact) mass is 361 g/mol. The number of halogens is 1. The Kier molecular flexibility index (Phi) is 6.08. The van der Waals surface area contributed by atoms with Gasteiger partial charge in [0.1, 0.15) is 6.04 Å². The summed E-state index contributed by atoms with van der Waals surface area (Å²) in [4.78, 5) is 34.0. The van der Waals surface area contributed by atoms with Crippen LogP contribution in [0.1, 0.15) is 11.1 Å². The number of nitro groups is 1. The van der Waals surface area contributed by atoms with Crippen molar-refractivity contribution in [3.05, 3.63) is 74.8 Å². The molecule has 0 aromatic heterocycles. The van der Waals surface area contributed by atoms with E-state index in [0.29, 0.717) is 16.1 Å². The summed E-state index contributed by atoms with van der Waals surface area (Å²) in [6.45, 7) is 0. The lowest BCUT2D eigenvalue weighted by molar-refractivity contribution is -0.384. The van der Waals surface area contributed by atoms with Crippen LogP contribution in [0.3, 0.4) is 0 Å². The first-order valence-electron chi connectivity index (χ1n) is 7.42. The summed E-state index contributed by atoms with van der Waals surface area (Å²) < 4.78 is 0. The van der Waals surface area contributed by atoms with Crippen molar-refractivity contribution < 1.29 is 14.5 Å². The van der Waals surface area contributed by atoms with Crippen molar-refractivity contribution in [1.29, 1.82) is 0 Å². The third-order valence-electron chi connectivity index (χ3n) is 3.55. The second-order valence-electron chi connectivity index (χ2n) is 5.42. The molecule has 8 heteroatoms. The van der Waals surface area contributed by atoms with Gasteiger partial charge in [0, 0.05) is 23.6 Å². The normalized spacial score (nSPS) is 11.6. The third kappa shape index (κ3) is 5.29. The summed E-state index contributed by atoms with van der Waals surface area (Å²) >= 11 is 6.06. The van der Waals surface area contributed by atoms with Gasteiger partial charge in [0.15, 0.2) is 0 Å². The molecule has 0 fully saturated rings. The van der Waals surface area contributed by atoms with Crippen molar-refractivity contribution >= 4 is 29.1 Å². The summed E-state index contributed by atoms with van der Waals surface area (Å²) in [6, 6.07) is 11.8. The van der Waals surface area contributed by atoms with E-state index in [1.54, 1.807) is 30.3 Å². The van der Waals surface area contributed by atoms with Crippen LogP contribution >= 0.6 is 11.6 Å². The van der Waals surface area contributed by atoms with Crippen LogP contribution in [0.2, 0.25) is 5.02 Å². The summed E-state index contributed by atoms with van der Waals surface area (Å²) in [7, 11) is 0. The number of carbonyl (C=O) groups is 2. The average Bonchev–Trinajstić information content (AvgIpc) is 2.56.